The number of carbonyl (C=O) groups excluding carboxylic acids is 5. The second-order valence-corrected chi connectivity index (χ2v) is 20.4. The fraction of sp³-hybridized carbons (Fsp3) is 0.865. The highest BCUT2D eigenvalue weighted by Crippen LogP contribution is 2.65. The standard InChI is InChI=1S/C37H59N5O7S/c1-35(2,3)30(40-34(47)41-37(18-8-6-9-19-37)26-11-7-10-20-50(26,48)49)33(46)42-21-24-27(36(24,4)5)28(42)31(44)39-25(17-14-22-12-13-22)29(43)32(45)38-23-15-16-23/h22-28,30H,6-21H2,1-5H3,(H,38,45)(H,39,44)(H2,40,41,47)/t24-,25+,26-,27-,28+,30-/m1/s1. The van der Waals surface area contributed by atoms with Crippen LogP contribution in [-0.4, -0.2) is 90.1 Å². The van der Waals surface area contributed by atoms with Crippen molar-refractivity contribution in [1.82, 2.24) is 26.2 Å². The minimum Gasteiger partial charge on any atom is -0.347 e. The van der Waals surface area contributed by atoms with Crippen LogP contribution in [0.3, 0.4) is 0 Å². The van der Waals surface area contributed by atoms with Crippen LogP contribution in [0.2, 0.25) is 0 Å². The maximum Gasteiger partial charge on any atom is 0.315 e. The van der Waals surface area contributed by atoms with Crippen molar-refractivity contribution in [3.05, 3.63) is 0 Å². The zero-order valence-corrected chi connectivity index (χ0v) is 31.5. The van der Waals surface area contributed by atoms with Crippen LogP contribution in [0.5, 0.6) is 0 Å². The van der Waals surface area contributed by atoms with Gasteiger partial charge in [0.25, 0.3) is 5.91 Å². The number of sulfone groups is 1. The molecule has 4 N–H and O–H groups in total. The molecule has 6 aliphatic rings. The summed E-state index contributed by atoms with van der Waals surface area (Å²) in [5.41, 5.74) is -1.81. The van der Waals surface area contributed by atoms with Gasteiger partial charge in [-0.1, -0.05) is 73.1 Å². The summed E-state index contributed by atoms with van der Waals surface area (Å²) in [6.45, 7) is 10.1. The van der Waals surface area contributed by atoms with Gasteiger partial charge in [0.05, 0.1) is 22.6 Å². The summed E-state index contributed by atoms with van der Waals surface area (Å²) in [7, 11) is -3.38. The van der Waals surface area contributed by atoms with Gasteiger partial charge in [-0.15, -0.1) is 0 Å². The Kier molecular flexibility index (Phi) is 10.2. The summed E-state index contributed by atoms with van der Waals surface area (Å²) in [5.74, 6) is -1.55. The van der Waals surface area contributed by atoms with Crippen molar-refractivity contribution in [3.8, 4) is 0 Å². The highest BCUT2D eigenvalue weighted by molar-refractivity contribution is 7.92. The van der Waals surface area contributed by atoms with E-state index in [0.717, 1.165) is 57.8 Å². The first-order chi connectivity index (χ1) is 23.4. The van der Waals surface area contributed by atoms with Crippen LogP contribution >= 0.6 is 0 Å². The Bertz CT molecular complexity index is 1470. The number of carbonyl (C=O) groups is 5. The molecule has 0 spiro atoms. The number of likely N-dealkylation sites (tertiary alicyclic amines) is 1. The van der Waals surface area contributed by atoms with Gasteiger partial charge < -0.3 is 26.2 Å². The van der Waals surface area contributed by atoms with Gasteiger partial charge in [0.15, 0.2) is 9.84 Å². The zero-order chi connectivity index (χ0) is 36.2. The van der Waals surface area contributed by atoms with E-state index in [2.05, 4.69) is 35.1 Å². The number of Topliss-reactive ketones (excluding diaryl/α,β-unsaturated/α-hetero) is 1. The molecule has 0 aromatic heterocycles. The number of fused-ring (bicyclic) bond motifs is 1. The summed E-state index contributed by atoms with van der Waals surface area (Å²) in [5, 5.41) is 11.1. The van der Waals surface area contributed by atoms with Crippen LogP contribution in [0.1, 0.15) is 125 Å². The molecule has 4 saturated carbocycles. The molecule has 0 aromatic rings. The number of ketones is 1. The molecule has 0 unspecified atom stereocenters. The Morgan fingerprint density at radius 3 is 2.16 bits per heavy atom. The van der Waals surface area contributed by atoms with Crippen LogP contribution in [0, 0.1) is 28.6 Å². The Balaban J connectivity index is 1.19. The number of amides is 5. The molecule has 13 heteroatoms. The molecule has 6 atom stereocenters. The summed E-state index contributed by atoms with van der Waals surface area (Å²) in [4.78, 5) is 70.3. The van der Waals surface area contributed by atoms with E-state index in [4.69, 9.17) is 0 Å². The summed E-state index contributed by atoms with van der Waals surface area (Å²) in [6.07, 6.45) is 10.7. The Morgan fingerprint density at radius 2 is 1.56 bits per heavy atom. The van der Waals surface area contributed by atoms with E-state index in [1.165, 1.54) is 0 Å². The Labute approximate surface area is 297 Å². The van der Waals surface area contributed by atoms with Crippen molar-refractivity contribution >= 4 is 39.4 Å². The molecule has 5 amide bonds. The fourth-order valence-electron chi connectivity index (χ4n) is 9.28. The Hall–Kier alpha value is -2.70. The number of hydrogen-bond acceptors (Lipinski definition) is 7. The molecule has 0 aromatic carbocycles. The lowest BCUT2D eigenvalue weighted by Gasteiger charge is -2.45. The maximum atomic E-state index is 14.6. The number of nitrogens with one attached hydrogen (secondary N) is 4. The third-order valence-electron chi connectivity index (χ3n) is 12.8. The smallest absolute Gasteiger partial charge is 0.315 e. The van der Waals surface area contributed by atoms with Gasteiger partial charge >= 0.3 is 6.03 Å². The van der Waals surface area contributed by atoms with E-state index < -0.39 is 67.8 Å². The lowest BCUT2D eigenvalue weighted by molar-refractivity contribution is -0.145. The third kappa shape index (κ3) is 7.72. The number of nitrogens with zero attached hydrogens (tertiary/aromatic N) is 1. The maximum absolute atomic E-state index is 14.6. The van der Waals surface area contributed by atoms with Crippen molar-refractivity contribution in [1.29, 1.82) is 0 Å². The van der Waals surface area contributed by atoms with Gasteiger partial charge in [0.1, 0.15) is 12.1 Å². The number of urea groups is 1. The van der Waals surface area contributed by atoms with Crippen molar-refractivity contribution in [3.63, 3.8) is 0 Å². The number of piperidine rings is 1. The predicted octanol–water partition coefficient (Wildman–Crippen LogP) is 3.38. The third-order valence-corrected chi connectivity index (χ3v) is 15.2. The minimum atomic E-state index is -3.38. The average molecular weight is 718 g/mol. The van der Waals surface area contributed by atoms with Crippen molar-refractivity contribution in [2.24, 2.45) is 28.6 Å². The molecule has 50 heavy (non-hydrogen) atoms. The van der Waals surface area contributed by atoms with Crippen LogP contribution in [0.15, 0.2) is 0 Å². The molecule has 280 valence electrons. The van der Waals surface area contributed by atoms with Crippen LogP contribution < -0.4 is 21.3 Å². The van der Waals surface area contributed by atoms with Gasteiger partial charge in [0.2, 0.25) is 17.6 Å². The van der Waals surface area contributed by atoms with E-state index in [0.29, 0.717) is 44.6 Å². The lowest BCUT2D eigenvalue weighted by Crippen LogP contribution is -2.66. The summed E-state index contributed by atoms with van der Waals surface area (Å²) in [6, 6.07) is -3.37. The second-order valence-electron chi connectivity index (χ2n) is 18.0. The molecule has 0 bridgehead atoms. The SMILES string of the molecule is CC(C)(C)[C@H](NC(=O)NC1([C@H]2CCCCS2(=O)=O)CCCCC1)C(=O)N1C[C@@H]2[C@H]([C@H]1C(=O)N[C@@H](CCC1CC1)C(=O)C(=O)NC1CC1)C2(C)C. The van der Waals surface area contributed by atoms with Crippen LogP contribution in [0.4, 0.5) is 4.79 Å². The summed E-state index contributed by atoms with van der Waals surface area (Å²) < 4.78 is 26.6. The molecule has 6 fully saturated rings. The molecule has 12 nitrogen and oxygen atoms in total. The van der Waals surface area contributed by atoms with Crippen LogP contribution in [0.25, 0.3) is 0 Å². The molecule has 0 radical (unpaired) electrons. The molecular formula is C37H59N5O7S. The van der Waals surface area contributed by atoms with Crippen molar-refractivity contribution in [2.75, 3.05) is 12.3 Å². The second kappa shape index (κ2) is 13.7. The van der Waals surface area contributed by atoms with Gasteiger partial charge in [-0.3, -0.25) is 19.2 Å². The van der Waals surface area contributed by atoms with Gasteiger partial charge in [0, 0.05) is 12.6 Å². The molecular weight excluding hydrogens is 659 g/mol. The van der Waals surface area contributed by atoms with Gasteiger partial charge in [-0.2, -0.15) is 0 Å². The topological polar surface area (TPSA) is 171 Å². The first-order valence-corrected chi connectivity index (χ1v) is 20.9. The highest BCUT2D eigenvalue weighted by atomic mass is 32.2. The van der Waals surface area contributed by atoms with Crippen molar-refractivity contribution in [2.45, 2.75) is 159 Å². The first-order valence-electron chi connectivity index (χ1n) is 19.2. The normalized spacial score (nSPS) is 30.6. The number of hydrogen-bond donors (Lipinski definition) is 4. The molecule has 2 saturated heterocycles. The average Bonchev–Trinajstić information content (AvgIpc) is 4.00. The zero-order valence-electron chi connectivity index (χ0n) is 30.6. The lowest BCUT2D eigenvalue weighted by atomic mass is 9.77. The number of rotatable bonds is 12. The summed E-state index contributed by atoms with van der Waals surface area (Å²) >= 11 is 0. The minimum absolute atomic E-state index is 0.0151. The van der Waals surface area contributed by atoms with Gasteiger partial charge in [-0.05, 0) is 80.0 Å². The molecule has 2 aliphatic heterocycles. The monoisotopic (exact) mass is 717 g/mol. The fourth-order valence-corrected chi connectivity index (χ4v) is 11.7. The highest BCUT2D eigenvalue weighted by Gasteiger charge is 2.70. The largest absolute Gasteiger partial charge is 0.347 e. The van der Waals surface area contributed by atoms with Crippen LogP contribution in [-0.2, 0) is 29.0 Å². The quantitative estimate of drug-likeness (QED) is 0.224. The van der Waals surface area contributed by atoms with E-state index in [9.17, 15) is 32.4 Å². The first kappa shape index (κ1) is 37.1. The Morgan fingerprint density at radius 1 is 0.880 bits per heavy atom. The van der Waals surface area contributed by atoms with Gasteiger partial charge in [-0.25, -0.2) is 13.2 Å². The molecule has 6 rings (SSSR count). The molecule has 2 heterocycles. The predicted molar refractivity (Wildman–Crippen MR) is 188 cm³/mol. The van der Waals surface area contributed by atoms with E-state index in [1.807, 2.05) is 20.8 Å². The molecule has 4 aliphatic carbocycles. The van der Waals surface area contributed by atoms with E-state index in [1.54, 1.807) is 4.90 Å². The van der Waals surface area contributed by atoms with E-state index >= 15 is 0 Å². The van der Waals surface area contributed by atoms with Crippen molar-refractivity contribution < 1.29 is 32.4 Å². The van der Waals surface area contributed by atoms with E-state index in [-0.39, 0.29) is 35.0 Å².